The molecule has 2 rings (SSSR count). The SMILES string of the molecule is CCOC(=O)c1ccc(NC(=O)CSCC(=O)Nc2cc(C)ccc2C)cc1. The van der Waals surface area contributed by atoms with E-state index < -0.39 is 5.97 Å². The van der Waals surface area contributed by atoms with Gasteiger partial charge < -0.3 is 15.4 Å². The average molecular weight is 401 g/mol. The van der Waals surface area contributed by atoms with Gasteiger partial charge in [0.1, 0.15) is 0 Å². The molecule has 6 nitrogen and oxygen atoms in total. The zero-order chi connectivity index (χ0) is 20.5. The first-order valence-corrected chi connectivity index (χ1v) is 10.1. The number of esters is 1. The van der Waals surface area contributed by atoms with Gasteiger partial charge in [-0.1, -0.05) is 12.1 Å². The molecule has 0 aromatic heterocycles. The number of hydrogen-bond acceptors (Lipinski definition) is 5. The van der Waals surface area contributed by atoms with E-state index in [4.69, 9.17) is 4.74 Å². The van der Waals surface area contributed by atoms with Gasteiger partial charge in [-0.05, 0) is 62.2 Å². The molecule has 0 bridgehead atoms. The van der Waals surface area contributed by atoms with Crippen molar-refractivity contribution in [2.24, 2.45) is 0 Å². The molecule has 2 aromatic carbocycles. The Balaban J connectivity index is 1.75. The van der Waals surface area contributed by atoms with Crippen LogP contribution >= 0.6 is 11.8 Å². The summed E-state index contributed by atoms with van der Waals surface area (Å²) in [6.45, 7) is 5.95. The predicted molar refractivity (Wildman–Crippen MR) is 113 cm³/mol. The van der Waals surface area contributed by atoms with Crippen molar-refractivity contribution >= 4 is 40.9 Å². The van der Waals surface area contributed by atoms with Gasteiger partial charge in [-0.25, -0.2) is 4.79 Å². The van der Waals surface area contributed by atoms with Crippen LogP contribution in [0.4, 0.5) is 11.4 Å². The Morgan fingerprint density at radius 1 is 0.929 bits per heavy atom. The lowest BCUT2D eigenvalue weighted by molar-refractivity contribution is -0.114. The highest BCUT2D eigenvalue weighted by atomic mass is 32.2. The Morgan fingerprint density at radius 2 is 1.57 bits per heavy atom. The van der Waals surface area contributed by atoms with Gasteiger partial charge in [0.25, 0.3) is 0 Å². The standard InChI is InChI=1S/C21H24N2O4S/c1-4-27-21(26)16-7-9-17(10-8-16)22-19(24)12-28-13-20(25)23-18-11-14(2)5-6-15(18)3/h5-11H,4,12-13H2,1-3H3,(H,22,24)(H,23,25). The third kappa shape index (κ3) is 6.74. The van der Waals surface area contributed by atoms with Crippen molar-refractivity contribution < 1.29 is 19.1 Å². The third-order valence-corrected chi connectivity index (χ3v) is 4.75. The summed E-state index contributed by atoms with van der Waals surface area (Å²) in [6.07, 6.45) is 0. The number of amides is 2. The van der Waals surface area contributed by atoms with Crippen LogP contribution < -0.4 is 10.6 Å². The Kier molecular flexibility index (Phi) is 8.07. The van der Waals surface area contributed by atoms with Gasteiger partial charge in [-0.3, -0.25) is 9.59 Å². The van der Waals surface area contributed by atoms with Crippen molar-refractivity contribution in [2.75, 3.05) is 28.7 Å². The van der Waals surface area contributed by atoms with E-state index in [1.165, 1.54) is 11.8 Å². The zero-order valence-electron chi connectivity index (χ0n) is 16.2. The molecule has 0 saturated heterocycles. The first-order valence-electron chi connectivity index (χ1n) is 8.91. The maximum atomic E-state index is 12.1. The summed E-state index contributed by atoms with van der Waals surface area (Å²) in [6, 6.07) is 12.3. The van der Waals surface area contributed by atoms with Gasteiger partial charge in [0, 0.05) is 11.4 Å². The topological polar surface area (TPSA) is 84.5 Å². The van der Waals surface area contributed by atoms with Crippen molar-refractivity contribution in [2.45, 2.75) is 20.8 Å². The lowest BCUT2D eigenvalue weighted by atomic mass is 10.1. The third-order valence-electron chi connectivity index (χ3n) is 3.81. The summed E-state index contributed by atoms with van der Waals surface area (Å²) < 4.78 is 4.91. The van der Waals surface area contributed by atoms with E-state index in [1.807, 2.05) is 32.0 Å². The highest BCUT2D eigenvalue weighted by Crippen LogP contribution is 2.17. The van der Waals surface area contributed by atoms with Gasteiger partial charge in [-0.15, -0.1) is 11.8 Å². The molecule has 0 saturated carbocycles. The number of nitrogens with one attached hydrogen (secondary N) is 2. The lowest BCUT2D eigenvalue weighted by Gasteiger charge is -2.09. The molecule has 2 N–H and O–H groups in total. The van der Waals surface area contributed by atoms with E-state index in [9.17, 15) is 14.4 Å². The number of thioether (sulfide) groups is 1. The Bertz CT molecular complexity index is 850. The van der Waals surface area contributed by atoms with Crippen molar-refractivity contribution in [1.29, 1.82) is 0 Å². The van der Waals surface area contributed by atoms with E-state index in [0.717, 1.165) is 16.8 Å². The number of carbonyl (C=O) groups is 3. The summed E-state index contributed by atoms with van der Waals surface area (Å²) in [4.78, 5) is 35.7. The van der Waals surface area contributed by atoms with Gasteiger partial charge in [0.05, 0.1) is 23.7 Å². The number of anilines is 2. The van der Waals surface area contributed by atoms with E-state index in [-0.39, 0.29) is 23.3 Å². The van der Waals surface area contributed by atoms with Crippen LogP contribution in [0.1, 0.15) is 28.4 Å². The van der Waals surface area contributed by atoms with Crippen LogP contribution in [0.15, 0.2) is 42.5 Å². The smallest absolute Gasteiger partial charge is 0.338 e. The summed E-state index contributed by atoms with van der Waals surface area (Å²) >= 11 is 1.23. The second-order valence-electron chi connectivity index (χ2n) is 6.21. The minimum absolute atomic E-state index is 0.148. The number of aryl methyl sites for hydroxylation is 2. The van der Waals surface area contributed by atoms with Crippen LogP contribution in [0.3, 0.4) is 0 Å². The Labute approximate surface area is 169 Å². The molecule has 0 atom stereocenters. The fourth-order valence-electron chi connectivity index (χ4n) is 2.39. The molecule has 0 spiro atoms. The molecule has 0 aliphatic heterocycles. The molecule has 0 radical (unpaired) electrons. The minimum atomic E-state index is -0.397. The average Bonchev–Trinajstić information content (AvgIpc) is 2.65. The molecule has 0 aliphatic carbocycles. The number of carbonyl (C=O) groups excluding carboxylic acids is 3. The fourth-order valence-corrected chi connectivity index (χ4v) is 3.01. The Hall–Kier alpha value is -2.80. The van der Waals surface area contributed by atoms with Gasteiger partial charge in [0.2, 0.25) is 11.8 Å². The molecular weight excluding hydrogens is 376 g/mol. The molecule has 0 unspecified atom stereocenters. The minimum Gasteiger partial charge on any atom is -0.462 e. The molecule has 28 heavy (non-hydrogen) atoms. The van der Waals surface area contributed by atoms with Crippen molar-refractivity contribution in [3.63, 3.8) is 0 Å². The summed E-state index contributed by atoms with van der Waals surface area (Å²) in [5.74, 6) is -0.424. The second kappa shape index (κ2) is 10.5. The molecule has 2 aromatic rings. The van der Waals surface area contributed by atoms with Gasteiger partial charge in [0.15, 0.2) is 0 Å². The monoisotopic (exact) mass is 400 g/mol. The van der Waals surface area contributed by atoms with Crippen LogP contribution in [0.25, 0.3) is 0 Å². The normalized spacial score (nSPS) is 10.2. The van der Waals surface area contributed by atoms with Gasteiger partial charge in [-0.2, -0.15) is 0 Å². The Morgan fingerprint density at radius 3 is 2.21 bits per heavy atom. The van der Waals surface area contributed by atoms with Gasteiger partial charge >= 0.3 is 5.97 Å². The highest BCUT2D eigenvalue weighted by Gasteiger charge is 2.09. The van der Waals surface area contributed by atoms with Crippen LogP contribution in [0, 0.1) is 13.8 Å². The van der Waals surface area contributed by atoms with Crippen molar-refractivity contribution in [1.82, 2.24) is 0 Å². The largest absolute Gasteiger partial charge is 0.462 e. The maximum absolute atomic E-state index is 12.1. The molecule has 0 aliphatic rings. The van der Waals surface area contributed by atoms with Crippen molar-refractivity contribution in [3.05, 3.63) is 59.2 Å². The molecular formula is C21H24N2O4S. The predicted octanol–water partition coefficient (Wildman–Crippen LogP) is 3.79. The van der Waals surface area contributed by atoms with Crippen LogP contribution in [-0.2, 0) is 14.3 Å². The van der Waals surface area contributed by atoms with E-state index in [0.29, 0.717) is 17.9 Å². The highest BCUT2D eigenvalue weighted by molar-refractivity contribution is 8.00. The number of rotatable bonds is 8. The summed E-state index contributed by atoms with van der Waals surface area (Å²) in [5.41, 5.74) is 3.86. The zero-order valence-corrected chi connectivity index (χ0v) is 17.0. The van der Waals surface area contributed by atoms with Crippen LogP contribution in [0.5, 0.6) is 0 Å². The molecule has 7 heteroatoms. The number of benzene rings is 2. The molecule has 148 valence electrons. The first-order chi connectivity index (χ1) is 13.4. The van der Waals surface area contributed by atoms with Crippen molar-refractivity contribution in [3.8, 4) is 0 Å². The quantitative estimate of drug-likeness (QED) is 0.659. The fraction of sp³-hybridized carbons (Fsp3) is 0.286. The summed E-state index contributed by atoms with van der Waals surface area (Å²) in [7, 11) is 0. The molecule has 0 heterocycles. The first kappa shape index (κ1) is 21.5. The molecule has 2 amide bonds. The summed E-state index contributed by atoms with van der Waals surface area (Å²) in [5, 5.41) is 5.60. The van der Waals surface area contributed by atoms with Crippen LogP contribution in [-0.4, -0.2) is 35.9 Å². The molecule has 0 fully saturated rings. The van der Waals surface area contributed by atoms with E-state index in [2.05, 4.69) is 10.6 Å². The number of ether oxygens (including phenoxy) is 1. The number of hydrogen-bond donors (Lipinski definition) is 2. The van der Waals surface area contributed by atoms with Crippen LogP contribution in [0.2, 0.25) is 0 Å². The lowest BCUT2D eigenvalue weighted by Crippen LogP contribution is -2.19. The van der Waals surface area contributed by atoms with E-state index in [1.54, 1.807) is 31.2 Å². The van der Waals surface area contributed by atoms with E-state index >= 15 is 0 Å². The maximum Gasteiger partial charge on any atom is 0.338 e. The second-order valence-corrected chi connectivity index (χ2v) is 7.19.